The molecule has 0 aliphatic carbocycles. The van der Waals surface area contributed by atoms with Crippen LogP contribution in [0.1, 0.15) is 41.8 Å². The van der Waals surface area contributed by atoms with Crippen molar-refractivity contribution in [3.05, 3.63) is 89.8 Å². The summed E-state index contributed by atoms with van der Waals surface area (Å²) < 4.78 is 7.54. The summed E-state index contributed by atoms with van der Waals surface area (Å²) in [6, 6.07) is 16.4. The van der Waals surface area contributed by atoms with Crippen molar-refractivity contribution in [3.63, 3.8) is 0 Å². The Labute approximate surface area is 227 Å². The molecule has 0 saturated heterocycles. The zero-order chi connectivity index (χ0) is 27.9. The molecular weight excluding hydrogens is 494 g/mol. The molecule has 0 unspecified atom stereocenters. The summed E-state index contributed by atoms with van der Waals surface area (Å²) in [6.45, 7) is 3.76. The molecule has 0 fully saturated rings. The van der Waals surface area contributed by atoms with E-state index in [1.165, 1.54) is 6.08 Å². The highest BCUT2D eigenvalue weighted by atomic mass is 16.5. The van der Waals surface area contributed by atoms with E-state index in [0.29, 0.717) is 35.5 Å². The number of hydrogen-bond acceptors (Lipinski definition) is 6. The third kappa shape index (κ3) is 7.03. The average molecular weight is 528 g/mol. The molecule has 4 rings (SSSR count). The third-order valence-corrected chi connectivity index (χ3v) is 6.12. The monoisotopic (exact) mass is 527 g/mol. The number of aliphatic hydroxyl groups excluding tert-OH is 1. The number of benzene rings is 2. The molecule has 0 saturated carbocycles. The molecule has 2 amide bonds. The number of imidazole rings is 1. The molecular formula is C30H33N5O4. The van der Waals surface area contributed by atoms with Crippen LogP contribution in [0.4, 0.5) is 5.69 Å². The van der Waals surface area contributed by atoms with Crippen molar-refractivity contribution in [2.24, 2.45) is 5.73 Å². The molecule has 9 nitrogen and oxygen atoms in total. The van der Waals surface area contributed by atoms with Gasteiger partial charge in [-0.15, -0.1) is 0 Å². The minimum atomic E-state index is -0.520. The summed E-state index contributed by atoms with van der Waals surface area (Å²) in [5.74, 6) is -0.246. The van der Waals surface area contributed by atoms with E-state index >= 15 is 0 Å². The first-order valence-electron chi connectivity index (χ1n) is 12.8. The van der Waals surface area contributed by atoms with Gasteiger partial charge in [-0.3, -0.25) is 9.59 Å². The van der Waals surface area contributed by atoms with Gasteiger partial charge in [0, 0.05) is 47.8 Å². The van der Waals surface area contributed by atoms with Gasteiger partial charge in [0.25, 0.3) is 5.91 Å². The van der Waals surface area contributed by atoms with Crippen molar-refractivity contribution in [3.8, 4) is 17.0 Å². The van der Waals surface area contributed by atoms with Crippen LogP contribution in [-0.4, -0.2) is 45.1 Å². The van der Waals surface area contributed by atoms with E-state index in [0.717, 1.165) is 22.4 Å². The number of nitrogen functional groups attached to an aromatic ring is 1. The summed E-state index contributed by atoms with van der Waals surface area (Å²) in [5.41, 5.74) is 16.3. The third-order valence-electron chi connectivity index (χ3n) is 6.12. The SMILES string of the molecule is CC(C)Oc1ccc(C(=O)N[C@H](CCO)Cc2ccc(-c3cn4cccc(/C=C/C(N)=O)c4n3)cc2)cc1N. The van der Waals surface area contributed by atoms with E-state index in [4.69, 9.17) is 21.2 Å². The standard InChI is InChI=1S/C30H33N5O4/c1-19(2)39-27-11-9-23(17-25(27)31)30(38)33-24(13-15-36)16-20-5-7-21(8-6-20)26-18-35-14-3-4-22(29(35)34-26)10-12-28(32)37/h3-12,14,17-19,24,36H,13,15-16,31H2,1-2H3,(H2,32,37)(H,33,38)/b12-10+/t24-/m1/s1. The van der Waals surface area contributed by atoms with Gasteiger partial charge in [-0.2, -0.15) is 0 Å². The highest BCUT2D eigenvalue weighted by Crippen LogP contribution is 2.25. The highest BCUT2D eigenvalue weighted by molar-refractivity contribution is 5.95. The molecule has 202 valence electrons. The van der Waals surface area contributed by atoms with Gasteiger partial charge in [0.15, 0.2) is 0 Å². The Morgan fingerprint density at radius 2 is 1.92 bits per heavy atom. The minimum absolute atomic E-state index is 0.0251. The maximum atomic E-state index is 12.9. The molecule has 0 aliphatic heterocycles. The number of fused-ring (bicyclic) bond motifs is 1. The Bertz CT molecular complexity index is 1490. The second kappa shape index (κ2) is 12.3. The summed E-state index contributed by atoms with van der Waals surface area (Å²) in [7, 11) is 0. The van der Waals surface area contributed by atoms with E-state index in [-0.39, 0.29) is 24.7 Å². The van der Waals surface area contributed by atoms with Gasteiger partial charge < -0.3 is 31.0 Å². The van der Waals surface area contributed by atoms with Crippen LogP contribution in [-0.2, 0) is 11.2 Å². The maximum Gasteiger partial charge on any atom is 0.251 e. The fraction of sp³-hybridized carbons (Fsp3) is 0.233. The van der Waals surface area contributed by atoms with Crippen LogP contribution in [0.5, 0.6) is 5.75 Å². The maximum absolute atomic E-state index is 12.9. The number of carbonyl (C=O) groups excluding carboxylic acids is 2. The number of carbonyl (C=O) groups is 2. The average Bonchev–Trinajstić information content (AvgIpc) is 3.34. The van der Waals surface area contributed by atoms with Crippen LogP contribution in [0.15, 0.2) is 73.1 Å². The van der Waals surface area contributed by atoms with Crippen molar-refractivity contribution in [1.82, 2.24) is 14.7 Å². The first-order chi connectivity index (χ1) is 18.7. The lowest BCUT2D eigenvalue weighted by atomic mass is 10.0. The zero-order valence-corrected chi connectivity index (χ0v) is 22.0. The van der Waals surface area contributed by atoms with Crippen molar-refractivity contribution < 1.29 is 19.4 Å². The Hall–Kier alpha value is -4.63. The largest absolute Gasteiger partial charge is 0.489 e. The Balaban J connectivity index is 1.46. The molecule has 0 bridgehead atoms. The van der Waals surface area contributed by atoms with Crippen LogP contribution < -0.4 is 21.5 Å². The smallest absolute Gasteiger partial charge is 0.251 e. The number of nitrogens with zero attached hydrogens (tertiary/aromatic N) is 2. The van der Waals surface area contributed by atoms with E-state index < -0.39 is 5.91 Å². The van der Waals surface area contributed by atoms with Gasteiger partial charge in [0.2, 0.25) is 5.91 Å². The van der Waals surface area contributed by atoms with Crippen LogP contribution in [0.2, 0.25) is 0 Å². The first kappa shape index (κ1) is 27.4. The molecule has 4 aromatic rings. The lowest BCUT2D eigenvalue weighted by Crippen LogP contribution is -2.37. The predicted molar refractivity (Wildman–Crippen MR) is 152 cm³/mol. The van der Waals surface area contributed by atoms with E-state index in [1.807, 2.05) is 67.0 Å². The van der Waals surface area contributed by atoms with Gasteiger partial charge in [-0.1, -0.05) is 24.3 Å². The molecule has 0 spiro atoms. The predicted octanol–water partition coefficient (Wildman–Crippen LogP) is 3.59. The number of primary amides is 1. The second-order valence-electron chi connectivity index (χ2n) is 9.56. The van der Waals surface area contributed by atoms with E-state index in [9.17, 15) is 14.7 Å². The summed E-state index contributed by atoms with van der Waals surface area (Å²) in [5, 5.41) is 12.6. The number of amides is 2. The summed E-state index contributed by atoms with van der Waals surface area (Å²) >= 11 is 0. The van der Waals surface area contributed by atoms with E-state index in [2.05, 4.69) is 5.32 Å². The molecule has 0 aliphatic rings. The fourth-order valence-electron chi connectivity index (χ4n) is 4.27. The number of pyridine rings is 1. The summed E-state index contributed by atoms with van der Waals surface area (Å²) in [4.78, 5) is 28.8. The van der Waals surface area contributed by atoms with Crippen LogP contribution in [0.25, 0.3) is 23.0 Å². The minimum Gasteiger partial charge on any atom is -0.489 e. The Morgan fingerprint density at radius 3 is 2.59 bits per heavy atom. The van der Waals surface area contributed by atoms with E-state index in [1.54, 1.807) is 24.3 Å². The van der Waals surface area contributed by atoms with Crippen LogP contribution in [0, 0.1) is 0 Å². The molecule has 2 aromatic carbocycles. The quantitative estimate of drug-likeness (QED) is 0.173. The number of nitrogens with two attached hydrogens (primary N) is 2. The number of aromatic nitrogens is 2. The topological polar surface area (TPSA) is 145 Å². The van der Waals surface area contributed by atoms with Gasteiger partial charge in [0.1, 0.15) is 11.4 Å². The fourth-order valence-corrected chi connectivity index (χ4v) is 4.27. The van der Waals surface area contributed by atoms with Gasteiger partial charge in [-0.25, -0.2) is 4.98 Å². The molecule has 1 atom stereocenters. The van der Waals surface area contributed by atoms with Gasteiger partial charge >= 0.3 is 0 Å². The number of ether oxygens (including phenoxy) is 1. The van der Waals surface area contributed by atoms with Crippen molar-refractivity contribution >= 4 is 29.2 Å². The zero-order valence-electron chi connectivity index (χ0n) is 22.0. The number of aliphatic hydroxyl groups is 1. The van der Waals surface area contributed by atoms with Crippen LogP contribution in [0.3, 0.4) is 0 Å². The number of rotatable bonds is 11. The van der Waals surface area contributed by atoms with Crippen molar-refractivity contribution in [2.75, 3.05) is 12.3 Å². The number of anilines is 1. The number of nitrogens with one attached hydrogen (secondary N) is 1. The first-order valence-corrected chi connectivity index (χ1v) is 12.8. The Kier molecular flexibility index (Phi) is 8.63. The molecule has 0 radical (unpaired) electrons. The second-order valence-corrected chi connectivity index (χ2v) is 9.56. The summed E-state index contributed by atoms with van der Waals surface area (Å²) in [6.07, 6.45) is 7.70. The molecule has 9 heteroatoms. The van der Waals surface area contributed by atoms with Crippen LogP contribution >= 0.6 is 0 Å². The normalized spacial score (nSPS) is 12.2. The highest BCUT2D eigenvalue weighted by Gasteiger charge is 2.16. The molecule has 2 heterocycles. The molecule has 39 heavy (non-hydrogen) atoms. The van der Waals surface area contributed by atoms with Crippen molar-refractivity contribution in [2.45, 2.75) is 38.8 Å². The number of hydrogen-bond donors (Lipinski definition) is 4. The lowest BCUT2D eigenvalue weighted by molar-refractivity contribution is -0.113. The Morgan fingerprint density at radius 1 is 1.15 bits per heavy atom. The van der Waals surface area contributed by atoms with Gasteiger partial charge in [-0.05, 0) is 68.7 Å². The lowest BCUT2D eigenvalue weighted by Gasteiger charge is -2.19. The van der Waals surface area contributed by atoms with Crippen molar-refractivity contribution in [1.29, 1.82) is 0 Å². The molecule has 6 N–H and O–H groups in total. The van der Waals surface area contributed by atoms with Gasteiger partial charge in [0.05, 0.1) is 17.5 Å². The molecule has 2 aromatic heterocycles.